The number of nitrogens with zero attached hydrogens (tertiary/aromatic N) is 2. The van der Waals surface area contributed by atoms with E-state index in [-0.39, 0.29) is 0 Å². The van der Waals surface area contributed by atoms with Crippen molar-refractivity contribution >= 4 is 23.2 Å². The summed E-state index contributed by atoms with van der Waals surface area (Å²) < 4.78 is 5.11. The molecule has 6 heteroatoms. The lowest BCUT2D eigenvalue weighted by Gasteiger charge is -2.00. The minimum atomic E-state index is 0.533. The predicted octanol–water partition coefficient (Wildman–Crippen LogP) is 3.08. The molecule has 0 radical (unpaired) electrons. The molecule has 0 fully saturated rings. The number of hydrogen-bond donors (Lipinski definition) is 1. The van der Waals surface area contributed by atoms with E-state index >= 15 is 0 Å². The monoisotopic (exact) mass is 285 g/mol. The van der Waals surface area contributed by atoms with E-state index in [0.29, 0.717) is 34.7 Å². The molecule has 0 saturated heterocycles. The van der Waals surface area contributed by atoms with Gasteiger partial charge in [0.05, 0.1) is 6.54 Å². The van der Waals surface area contributed by atoms with Crippen LogP contribution in [-0.4, -0.2) is 16.7 Å². The summed E-state index contributed by atoms with van der Waals surface area (Å²) in [7, 11) is 0. The average molecular weight is 286 g/mol. The van der Waals surface area contributed by atoms with Crippen LogP contribution in [0, 0.1) is 0 Å². The van der Waals surface area contributed by atoms with E-state index in [1.165, 1.54) is 0 Å². The Morgan fingerprint density at radius 1 is 1.33 bits per heavy atom. The lowest BCUT2D eigenvalue weighted by Crippen LogP contribution is -2.11. The number of nitrogens with one attached hydrogen (secondary N) is 1. The van der Waals surface area contributed by atoms with Crippen molar-refractivity contribution in [1.29, 1.82) is 0 Å². The van der Waals surface area contributed by atoms with Gasteiger partial charge in [0.2, 0.25) is 5.89 Å². The number of hydrogen-bond acceptors (Lipinski definition) is 4. The van der Waals surface area contributed by atoms with Crippen molar-refractivity contribution in [1.82, 2.24) is 15.5 Å². The van der Waals surface area contributed by atoms with Crippen LogP contribution in [0.4, 0.5) is 0 Å². The minimum absolute atomic E-state index is 0.533. The second-order valence-corrected chi connectivity index (χ2v) is 4.64. The average Bonchev–Trinajstić information content (AvgIpc) is 2.78. The molecule has 1 N–H and O–H groups in total. The third-order valence-electron chi connectivity index (χ3n) is 2.40. The van der Waals surface area contributed by atoms with Crippen LogP contribution in [0.1, 0.15) is 24.2 Å². The fraction of sp³-hybridized carbons (Fsp3) is 0.333. The molecule has 0 amide bonds. The first-order valence-corrected chi connectivity index (χ1v) is 6.40. The number of rotatable bonds is 5. The quantitative estimate of drug-likeness (QED) is 0.917. The highest BCUT2D eigenvalue weighted by molar-refractivity contribution is 6.35. The normalized spacial score (nSPS) is 10.8. The summed E-state index contributed by atoms with van der Waals surface area (Å²) in [4.78, 5) is 4.27. The number of benzene rings is 1. The Bertz CT molecular complexity index is 528. The van der Waals surface area contributed by atoms with Crippen molar-refractivity contribution in [3.8, 4) is 0 Å². The molecular weight excluding hydrogens is 273 g/mol. The Hall–Kier alpha value is -1.10. The summed E-state index contributed by atoms with van der Waals surface area (Å²) in [6.07, 6.45) is 0.533. The summed E-state index contributed by atoms with van der Waals surface area (Å²) in [6.45, 7) is 3.46. The molecule has 0 bridgehead atoms. The van der Waals surface area contributed by atoms with E-state index in [4.69, 9.17) is 27.7 Å². The molecule has 0 saturated carbocycles. The Labute approximate surface area is 115 Å². The van der Waals surface area contributed by atoms with Crippen LogP contribution in [0.3, 0.4) is 0 Å². The number of aromatic nitrogens is 2. The zero-order valence-corrected chi connectivity index (χ0v) is 11.4. The first-order chi connectivity index (χ1) is 8.69. The van der Waals surface area contributed by atoms with Crippen molar-refractivity contribution in [3.63, 3.8) is 0 Å². The van der Waals surface area contributed by atoms with E-state index in [2.05, 4.69) is 15.5 Å². The molecule has 1 aromatic heterocycles. The van der Waals surface area contributed by atoms with Crippen LogP contribution in [0.15, 0.2) is 22.7 Å². The van der Waals surface area contributed by atoms with E-state index in [1.807, 2.05) is 13.0 Å². The maximum absolute atomic E-state index is 6.09. The summed E-state index contributed by atoms with van der Waals surface area (Å²) in [5.41, 5.74) is 0.928. The molecule has 2 rings (SSSR count). The molecule has 0 aliphatic rings. The van der Waals surface area contributed by atoms with Crippen molar-refractivity contribution in [2.24, 2.45) is 0 Å². The van der Waals surface area contributed by atoms with Gasteiger partial charge in [-0.1, -0.05) is 41.3 Å². The standard InChI is InChI=1S/C12H13Cl2N3O/c1-2-15-7-12-16-11(17-18-12)5-8-3-4-9(13)6-10(8)14/h3-4,6,15H,2,5,7H2,1H3. The molecule has 2 aromatic rings. The Balaban J connectivity index is 2.06. The summed E-state index contributed by atoms with van der Waals surface area (Å²) >= 11 is 11.9. The van der Waals surface area contributed by atoms with E-state index < -0.39 is 0 Å². The van der Waals surface area contributed by atoms with Crippen LogP contribution in [0.2, 0.25) is 10.0 Å². The van der Waals surface area contributed by atoms with Gasteiger partial charge in [-0.2, -0.15) is 4.98 Å². The van der Waals surface area contributed by atoms with Gasteiger partial charge in [0, 0.05) is 16.5 Å². The van der Waals surface area contributed by atoms with Gasteiger partial charge in [0.25, 0.3) is 0 Å². The molecule has 0 aliphatic carbocycles. The number of halogens is 2. The van der Waals surface area contributed by atoms with E-state index in [9.17, 15) is 0 Å². The SMILES string of the molecule is CCNCc1nc(Cc2ccc(Cl)cc2Cl)no1. The first kappa shape index (κ1) is 13.3. The van der Waals surface area contributed by atoms with Gasteiger partial charge in [0.1, 0.15) is 0 Å². The van der Waals surface area contributed by atoms with Gasteiger partial charge < -0.3 is 9.84 Å². The van der Waals surface area contributed by atoms with Crippen molar-refractivity contribution in [2.45, 2.75) is 19.9 Å². The van der Waals surface area contributed by atoms with Crippen molar-refractivity contribution in [3.05, 3.63) is 45.5 Å². The molecule has 0 aliphatic heterocycles. The zero-order chi connectivity index (χ0) is 13.0. The van der Waals surface area contributed by atoms with Gasteiger partial charge in [0.15, 0.2) is 5.82 Å². The first-order valence-electron chi connectivity index (χ1n) is 5.65. The molecular formula is C12H13Cl2N3O. The van der Waals surface area contributed by atoms with Crippen molar-refractivity contribution in [2.75, 3.05) is 6.54 Å². The zero-order valence-electron chi connectivity index (χ0n) is 9.91. The van der Waals surface area contributed by atoms with Crippen LogP contribution in [0.5, 0.6) is 0 Å². The smallest absolute Gasteiger partial charge is 0.240 e. The highest BCUT2D eigenvalue weighted by atomic mass is 35.5. The summed E-state index contributed by atoms with van der Waals surface area (Å²) in [6, 6.07) is 5.37. The second kappa shape index (κ2) is 6.18. The molecule has 0 unspecified atom stereocenters. The molecule has 1 heterocycles. The summed E-state index contributed by atoms with van der Waals surface area (Å²) in [5, 5.41) is 8.26. The topological polar surface area (TPSA) is 51.0 Å². The third-order valence-corrected chi connectivity index (χ3v) is 2.99. The van der Waals surface area contributed by atoms with Crippen LogP contribution in [-0.2, 0) is 13.0 Å². The van der Waals surface area contributed by atoms with Gasteiger partial charge in [-0.05, 0) is 24.2 Å². The van der Waals surface area contributed by atoms with Gasteiger partial charge in [-0.15, -0.1) is 0 Å². The van der Waals surface area contributed by atoms with E-state index in [0.717, 1.165) is 12.1 Å². The Morgan fingerprint density at radius 2 is 2.17 bits per heavy atom. The minimum Gasteiger partial charge on any atom is -0.338 e. The maximum atomic E-state index is 6.09. The molecule has 0 spiro atoms. The Morgan fingerprint density at radius 3 is 2.89 bits per heavy atom. The van der Waals surface area contributed by atoms with Gasteiger partial charge in [-0.3, -0.25) is 0 Å². The van der Waals surface area contributed by atoms with Gasteiger partial charge in [-0.25, -0.2) is 0 Å². The fourth-order valence-corrected chi connectivity index (χ4v) is 1.98. The largest absolute Gasteiger partial charge is 0.338 e. The lowest BCUT2D eigenvalue weighted by molar-refractivity contribution is 0.365. The molecule has 0 atom stereocenters. The van der Waals surface area contributed by atoms with Gasteiger partial charge >= 0.3 is 0 Å². The highest BCUT2D eigenvalue weighted by Crippen LogP contribution is 2.22. The second-order valence-electron chi connectivity index (χ2n) is 3.80. The molecule has 18 heavy (non-hydrogen) atoms. The molecule has 4 nitrogen and oxygen atoms in total. The summed E-state index contributed by atoms with van der Waals surface area (Å²) in [5.74, 6) is 1.20. The van der Waals surface area contributed by atoms with Crippen LogP contribution in [0.25, 0.3) is 0 Å². The lowest BCUT2D eigenvalue weighted by atomic mass is 10.1. The predicted molar refractivity (Wildman–Crippen MR) is 70.9 cm³/mol. The fourth-order valence-electron chi connectivity index (χ4n) is 1.50. The highest BCUT2D eigenvalue weighted by Gasteiger charge is 2.09. The van der Waals surface area contributed by atoms with E-state index in [1.54, 1.807) is 12.1 Å². The Kier molecular flexibility index (Phi) is 4.58. The molecule has 1 aromatic carbocycles. The third kappa shape index (κ3) is 3.45. The van der Waals surface area contributed by atoms with Crippen LogP contribution >= 0.6 is 23.2 Å². The molecule has 96 valence electrons. The van der Waals surface area contributed by atoms with Crippen LogP contribution < -0.4 is 5.32 Å². The van der Waals surface area contributed by atoms with Crippen molar-refractivity contribution < 1.29 is 4.52 Å². The maximum Gasteiger partial charge on any atom is 0.240 e.